The van der Waals surface area contributed by atoms with Crippen LogP contribution in [0.25, 0.3) is 0 Å². The maximum absolute atomic E-state index is 12.6. The number of rotatable bonds is 3. The number of alkyl halides is 3. The molecular formula is C15H18F3NO. The van der Waals surface area contributed by atoms with Crippen molar-refractivity contribution in [3.05, 3.63) is 41.5 Å². The molecule has 1 aliphatic rings. The van der Waals surface area contributed by atoms with E-state index in [0.717, 1.165) is 11.3 Å². The van der Waals surface area contributed by atoms with Crippen LogP contribution in [0.5, 0.6) is 0 Å². The van der Waals surface area contributed by atoms with E-state index in [1.54, 1.807) is 0 Å². The molecule has 0 aliphatic carbocycles. The highest BCUT2D eigenvalue weighted by Crippen LogP contribution is 2.34. The predicted octanol–water partition coefficient (Wildman–Crippen LogP) is 3.83. The summed E-state index contributed by atoms with van der Waals surface area (Å²) in [7, 11) is 0. The maximum Gasteiger partial charge on any atom is 0.412 e. The minimum Gasteiger partial charge on any atom is -0.388 e. The zero-order valence-electron chi connectivity index (χ0n) is 11.3. The Bertz CT molecular complexity index is 496. The molecule has 0 amide bonds. The number of nitrogens with zero attached hydrogens (tertiary/aromatic N) is 1. The van der Waals surface area contributed by atoms with Crippen LogP contribution in [0.2, 0.25) is 0 Å². The molecule has 0 saturated carbocycles. The van der Waals surface area contributed by atoms with Gasteiger partial charge < -0.3 is 10.0 Å². The molecule has 0 radical (unpaired) electrons. The minimum atomic E-state index is -4.23. The summed E-state index contributed by atoms with van der Waals surface area (Å²) < 4.78 is 37.8. The van der Waals surface area contributed by atoms with Gasteiger partial charge in [0.2, 0.25) is 0 Å². The molecule has 0 aromatic heterocycles. The van der Waals surface area contributed by atoms with Crippen LogP contribution >= 0.6 is 0 Å². The fourth-order valence-corrected chi connectivity index (χ4v) is 2.42. The van der Waals surface area contributed by atoms with Gasteiger partial charge in [0, 0.05) is 29.9 Å². The van der Waals surface area contributed by atoms with Crippen LogP contribution in [-0.2, 0) is 0 Å². The quantitative estimate of drug-likeness (QED) is 0.853. The lowest BCUT2D eigenvalue weighted by Crippen LogP contribution is -2.32. The van der Waals surface area contributed by atoms with Crippen molar-refractivity contribution in [3.8, 4) is 0 Å². The molecule has 1 aliphatic heterocycles. The summed E-state index contributed by atoms with van der Waals surface area (Å²) in [5.74, 6) is 0. The zero-order valence-corrected chi connectivity index (χ0v) is 11.3. The van der Waals surface area contributed by atoms with E-state index in [0.29, 0.717) is 13.0 Å². The Morgan fingerprint density at radius 2 is 2.00 bits per heavy atom. The fourth-order valence-electron chi connectivity index (χ4n) is 2.42. The lowest BCUT2D eigenvalue weighted by atomic mass is 10.0. The second-order valence-electron chi connectivity index (χ2n) is 4.91. The van der Waals surface area contributed by atoms with Crippen molar-refractivity contribution in [2.45, 2.75) is 32.0 Å². The molecule has 1 aromatic carbocycles. The van der Waals surface area contributed by atoms with Crippen LogP contribution in [-0.4, -0.2) is 24.4 Å². The van der Waals surface area contributed by atoms with E-state index in [1.165, 1.54) is 6.08 Å². The van der Waals surface area contributed by atoms with E-state index >= 15 is 0 Å². The minimum absolute atomic E-state index is 0.0138. The third-order valence-electron chi connectivity index (χ3n) is 3.60. The number of anilines is 1. The van der Waals surface area contributed by atoms with Gasteiger partial charge in [0.25, 0.3) is 0 Å². The van der Waals surface area contributed by atoms with Gasteiger partial charge in [-0.15, -0.1) is 0 Å². The van der Waals surface area contributed by atoms with Crippen molar-refractivity contribution in [2.24, 2.45) is 0 Å². The van der Waals surface area contributed by atoms with Crippen molar-refractivity contribution in [1.82, 2.24) is 0 Å². The van der Waals surface area contributed by atoms with Crippen LogP contribution in [0.15, 0.2) is 35.9 Å². The summed E-state index contributed by atoms with van der Waals surface area (Å²) in [5, 5.41) is 10.00. The first-order chi connectivity index (χ1) is 9.43. The summed E-state index contributed by atoms with van der Waals surface area (Å²) in [6.45, 7) is 2.42. The first-order valence-electron chi connectivity index (χ1n) is 6.71. The van der Waals surface area contributed by atoms with Gasteiger partial charge in [0.15, 0.2) is 0 Å². The number of benzene rings is 1. The molecule has 2 rings (SSSR count). The third-order valence-corrected chi connectivity index (χ3v) is 3.60. The first-order valence-corrected chi connectivity index (χ1v) is 6.71. The smallest absolute Gasteiger partial charge is 0.388 e. The highest BCUT2D eigenvalue weighted by atomic mass is 19.4. The molecule has 1 unspecified atom stereocenters. The molecular weight excluding hydrogens is 267 g/mol. The highest BCUT2D eigenvalue weighted by Gasteiger charge is 2.35. The summed E-state index contributed by atoms with van der Waals surface area (Å²) in [6, 6.07) is 7.34. The Balaban J connectivity index is 2.21. The second kappa shape index (κ2) is 5.87. The summed E-state index contributed by atoms with van der Waals surface area (Å²) in [5.41, 5.74) is 1.14. The van der Waals surface area contributed by atoms with Crippen LogP contribution in [0.4, 0.5) is 18.9 Å². The average molecular weight is 285 g/mol. The maximum atomic E-state index is 12.6. The molecule has 0 spiro atoms. The monoisotopic (exact) mass is 285 g/mol. The average Bonchev–Trinajstić information content (AvgIpc) is 2.45. The summed E-state index contributed by atoms with van der Waals surface area (Å²) in [4.78, 5) is 1.88. The molecule has 110 valence electrons. The zero-order chi connectivity index (χ0) is 14.8. The van der Waals surface area contributed by atoms with Crippen molar-refractivity contribution in [3.63, 3.8) is 0 Å². The van der Waals surface area contributed by atoms with E-state index in [2.05, 4.69) is 0 Å². The Labute approximate surface area is 116 Å². The fraction of sp³-hybridized carbons (Fsp3) is 0.467. The van der Waals surface area contributed by atoms with Crippen molar-refractivity contribution >= 4 is 5.69 Å². The molecule has 20 heavy (non-hydrogen) atoms. The van der Waals surface area contributed by atoms with E-state index in [1.807, 2.05) is 36.1 Å². The molecule has 1 N–H and O–H groups in total. The summed E-state index contributed by atoms with van der Waals surface area (Å²) in [6.07, 6.45) is -3.01. The van der Waals surface area contributed by atoms with Crippen LogP contribution < -0.4 is 4.90 Å². The predicted molar refractivity (Wildman–Crippen MR) is 72.7 cm³/mol. The number of aliphatic hydroxyl groups excluding tert-OH is 1. The van der Waals surface area contributed by atoms with Gasteiger partial charge in [-0.3, -0.25) is 0 Å². The highest BCUT2D eigenvalue weighted by molar-refractivity contribution is 5.56. The number of aliphatic hydroxyl groups is 1. The van der Waals surface area contributed by atoms with Crippen molar-refractivity contribution in [2.75, 3.05) is 18.0 Å². The Morgan fingerprint density at radius 3 is 2.55 bits per heavy atom. The van der Waals surface area contributed by atoms with Crippen molar-refractivity contribution in [1.29, 1.82) is 0 Å². The Kier molecular flexibility index (Phi) is 4.38. The van der Waals surface area contributed by atoms with Gasteiger partial charge >= 0.3 is 6.18 Å². The van der Waals surface area contributed by atoms with E-state index in [-0.39, 0.29) is 13.0 Å². The Morgan fingerprint density at radius 1 is 1.30 bits per heavy atom. The van der Waals surface area contributed by atoms with E-state index < -0.39 is 17.9 Å². The standard InChI is InChI=1S/C15H18F3NO/c1-2-14(20)12-5-3-4-6-13(12)19-9-7-11(8-10-19)15(16,17)18/h3-7,14,20H,2,8-10H2,1H3. The first kappa shape index (κ1) is 14.9. The molecule has 1 aromatic rings. The van der Waals surface area contributed by atoms with Crippen LogP contribution in [0.1, 0.15) is 31.4 Å². The van der Waals surface area contributed by atoms with Crippen LogP contribution in [0, 0.1) is 0 Å². The number of hydrogen-bond acceptors (Lipinski definition) is 2. The van der Waals surface area contributed by atoms with Crippen LogP contribution in [0.3, 0.4) is 0 Å². The third kappa shape index (κ3) is 3.15. The molecule has 0 saturated heterocycles. The normalized spacial score (nSPS) is 17.9. The van der Waals surface area contributed by atoms with Crippen molar-refractivity contribution < 1.29 is 18.3 Å². The van der Waals surface area contributed by atoms with Gasteiger partial charge in [-0.2, -0.15) is 13.2 Å². The van der Waals surface area contributed by atoms with E-state index in [9.17, 15) is 18.3 Å². The number of hydrogen-bond donors (Lipinski definition) is 1. The summed E-state index contributed by atoms with van der Waals surface area (Å²) >= 11 is 0. The van der Waals surface area contributed by atoms with Gasteiger partial charge in [0.1, 0.15) is 0 Å². The molecule has 2 nitrogen and oxygen atoms in total. The van der Waals surface area contributed by atoms with Gasteiger partial charge in [-0.1, -0.05) is 31.2 Å². The van der Waals surface area contributed by atoms with E-state index in [4.69, 9.17) is 0 Å². The Hall–Kier alpha value is -1.49. The molecule has 0 fully saturated rings. The van der Waals surface area contributed by atoms with Gasteiger partial charge in [-0.05, 0) is 18.9 Å². The molecule has 1 heterocycles. The molecule has 1 atom stereocenters. The topological polar surface area (TPSA) is 23.5 Å². The molecule has 5 heteroatoms. The lowest BCUT2D eigenvalue weighted by Gasteiger charge is -2.31. The number of halogens is 3. The second-order valence-corrected chi connectivity index (χ2v) is 4.91. The number of para-hydroxylation sites is 1. The lowest BCUT2D eigenvalue weighted by molar-refractivity contribution is -0.0944. The van der Waals surface area contributed by atoms with Gasteiger partial charge in [-0.25, -0.2) is 0 Å². The van der Waals surface area contributed by atoms with Gasteiger partial charge in [0.05, 0.1) is 6.10 Å². The SMILES string of the molecule is CCC(O)c1ccccc1N1CC=C(C(F)(F)F)CC1. The largest absolute Gasteiger partial charge is 0.412 e. The molecule has 0 bridgehead atoms.